The van der Waals surface area contributed by atoms with Crippen LogP contribution in [0.5, 0.6) is 11.5 Å². The zero-order chi connectivity index (χ0) is 19.4. The van der Waals surface area contributed by atoms with Gasteiger partial charge in [-0.2, -0.15) is 0 Å². The van der Waals surface area contributed by atoms with Crippen LogP contribution in [0, 0.1) is 6.92 Å². The van der Waals surface area contributed by atoms with Gasteiger partial charge in [0.05, 0.1) is 32.0 Å². The van der Waals surface area contributed by atoms with Gasteiger partial charge in [-0.05, 0) is 57.5 Å². The molecule has 0 bridgehead atoms. The lowest BCUT2D eigenvalue weighted by molar-refractivity contribution is 0.0934. The van der Waals surface area contributed by atoms with Crippen molar-refractivity contribution < 1.29 is 14.3 Å². The minimum atomic E-state index is -0.227. The van der Waals surface area contributed by atoms with Crippen LogP contribution in [0.15, 0.2) is 18.2 Å². The van der Waals surface area contributed by atoms with E-state index in [0.717, 1.165) is 37.2 Å². The lowest BCUT2D eigenvalue weighted by Gasteiger charge is -2.23. The maximum absolute atomic E-state index is 12.7. The summed E-state index contributed by atoms with van der Waals surface area (Å²) in [5.41, 5.74) is 2.10. The molecule has 3 rings (SSSR count). The minimum absolute atomic E-state index is 0. The number of benzene rings is 1. The molecule has 0 aliphatic carbocycles. The topological polar surface area (TPSA) is 90.3 Å². The van der Waals surface area contributed by atoms with Crippen LogP contribution in [0.2, 0.25) is 0 Å². The number of piperidine rings is 1. The molecule has 2 N–H and O–H groups in total. The molecule has 1 fully saturated rings. The predicted octanol–water partition coefficient (Wildman–Crippen LogP) is 2.44. The van der Waals surface area contributed by atoms with Gasteiger partial charge in [0.25, 0.3) is 5.91 Å². The molecule has 1 aliphatic rings. The van der Waals surface area contributed by atoms with Crippen LogP contribution in [0.4, 0.5) is 0 Å². The monoisotopic (exact) mass is 409 g/mol. The molecule has 0 spiro atoms. The van der Waals surface area contributed by atoms with Crippen molar-refractivity contribution >= 4 is 18.3 Å². The molecule has 28 heavy (non-hydrogen) atoms. The Morgan fingerprint density at radius 2 is 1.93 bits per heavy atom. The largest absolute Gasteiger partial charge is 0.493 e. The van der Waals surface area contributed by atoms with E-state index in [1.165, 1.54) is 0 Å². The number of hydrogen-bond donors (Lipinski definition) is 2. The van der Waals surface area contributed by atoms with Crippen LogP contribution in [-0.4, -0.2) is 48.2 Å². The van der Waals surface area contributed by atoms with Crippen LogP contribution in [0.3, 0.4) is 0 Å². The number of aromatic nitrogens is 3. The maximum Gasteiger partial charge on any atom is 0.274 e. The average Bonchev–Trinajstić information content (AvgIpc) is 3.09. The number of ether oxygens (including phenoxy) is 2. The third-order valence-corrected chi connectivity index (χ3v) is 5.05. The van der Waals surface area contributed by atoms with Gasteiger partial charge in [0, 0.05) is 0 Å². The third-order valence-electron chi connectivity index (χ3n) is 5.05. The number of amides is 1. The van der Waals surface area contributed by atoms with Crippen molar-refractivity contribution in [2.45, 2.75) is 38.8 Å². The number of halogens is 1. The molecule has 1 unspecified atom stereocenters. The van der Waals surface area contributed by atoms with E-state index in [1.54, 1.807) is 14.2 Å². The Morgan fingerprint density at radius 3 is 2.57 bits per heavy atom. The van der Waals surface area contributed by atoms with Crippen LogP contribution >= 0.6 is 12.4 Å². The van der Waals surface area contributed by atoms with Crippen LogP contribution in [-0.2, 0) is 0 Å². The second-order valence-electron chi connectivity index (χ2n) is 6.76. The molecule has 1 saturated heterocycles. The highest BCUT2D eigenvalue weighted by Crippen LogP contribution is 2.30. The van der Waals surface area contributed by atoms with E-state index in [1.807, 2.05) is 36.7 Å². The van der Waals surface area contributed by atoms with Crippen LogP contribution in [0.25, 0.3) is 0 Å². The maximum atomic E-state index is 12.7. The van der Waals surface area contributed by atoms with Gasteiger partial charge >= 0.3 is 0 Å². The van der Waals surface area contributed by atoms with E-state index in [-0.39, 0.29) is 24.4 Å². The van der Waals surface area contributed by atoms with Crippen LogP contribution < -0.4 is 20.1 Å². The van der Waals surface area contributed by atoms with Crippen molar-refractivity contribution in [2.75, 3.05) is 27.3 Å². The van der Waals surface area contributed by atoms with Gasteiger partial charge in [0.2, 0.25) is 0 Å². The first-order valence-electron chi connectivity index (χ1n) is 9.20. The fraction of sp³-hybridized carbons (Fsp3) is 0.526. The van der Waals surface area contributed by atoms with E-state index in [4.69, 9.17) is 9.47 Å². The van der Waals surface area contributed by atoms with Gasteiger partial charge in [0.15, 0.2) is 17.2 Å². The first kappa shape index (κ1) is 22.0. The van der Waals surface area contributed by atoms with Gasteiger partial charge in [-0.1, -0.05) is 11.3 Å². The molecule has 1 aromatic carbocycles. The van der Waals surface area contributed by atoms with Crippen molar-refractivity contribution in [2.24, 2.45) is 0 Å². The quantitative estimate of drug-likeness (QED) is 0.761. The molecule has 8 nitrogen and oxygen atoms in total. The molecule has 1 aliphatic heterocycles. The SMILES string of the molecule is COc1ccc(C(C)NC(=O)c2nnn(C3CCNCC3)c2C)cc1OC.Cl. The average molecular weight is 410 g/mol. The molecule has 0 radical (unpaired) electrons. The van der Waals surface area contributed by atoms with E-state index in [0.29, 0.717) is 23.2 Å². The van der Waals surface area contributed by atoms with Gasteiger partial charge < -0.3 is 20.1 Å². The summed E-state index contributed by atoms with van der Waals surface area (Å²) < 4.78 is 12.5. The molecule has 0 saturated carbocycles. The Labute approximate surface area is 171 Å². The van der Waals surface area contributed by atoms with Gasteiger partial charge in [0.1, 0.15) is 0 Å². The van der Waals surface area contributed by atoms with E-state index < -0.39 is 0 Å². The van der Waals surface area contributed by atoms with Crippen molar-refractivity contribution in [3.8, 4) is 11.5 Å². The van der Waals surface area contributed by atoms with Crippen molar-refractivity contribution in [1.82, 2.24) is 25.6 Å². The first-order chi connectivity index (χ1) is 13.0. The Kier molecular flexibility index (Phi) is 7.65. The summed E-state index contributed by atoms with van der Waals surface area (Å²) in [6.07, 6.45) is 1.99. The van der Waals surface area contributed by atoms with Gasteiger partial charge in [-0.15, -0.1) is 17.5 Å². The fourth-order valence-electron chi connectivity index (χ4n) is 3.42. The Bertz CT molecular complexity index is 805. The molecule has 1 aromatic heterocycles. The van der Waals surface area contributed by atoms with Crippen molar-refractivity contribution in [3.63, 3.8) is 0 Å². The highest BCUT2D eigenvalue weighted by molar-refractivity contribution is 5.93. The summed E-state index contributed by atoms with van der Waals surface area (Å²) in [7, 11) is 3.19. The van der Waals surface area contributed by atoms with E-state index in [9.17, 15) is 4.79 Å². The second-order valence-corrected chi connectivity index (χ2v) is 6.76. The lowest BCUT2D eigenvalue weighted by Crippen LogP contribution is -2.31. The molecular formula is C19H28ClN5O3. The summed E-state index contributed by atoms with van der Waals surface area (Å²) in [5, 5.41) is 14.7. The van der Waals surface area contributed by atoms with E-state index >= 15 is 0 Å². The molecular weight excluding hydrogens is 382 g/mol. The number of carbonyl (C=O) groups is 1. The summed E-state index contributed by atoms with van der Waals surface area (Å²) in [6.45, 7) is 5.74. The van der Waals surface area contributed by atoms with Gasteiger partial charge in [-0.25, -0.2) is 4.68 Å². The number of hydrogen-bond acceptors (Lipinski definition) is 6. The number of carbonyl (C=O) groups excluding carboxylic acids is 1. The third kappa shape index (κ3) is 4.56. The standard InChI is InChI=1S/C19H27N5O3.ClH/c1-12(14-5-6-16(26-3)17(11-14)27-4)21-19(25)18-13(2)24(23-22-18)15-7-9-20-10-8-15;/h5-6,11-12,15,20H,7-10H2,1-4H3,(H,21,25);1H. The van der Waals surface area contributed by atoms with Crippen molar-refractivity contribution in [3.05, 3.63) is 35.2 Å². The Hall–Kier alpha value is -2.32. The molecule has 9 heteroatoms. The summed E-state index contributed by atoms with van der Waals surface area (Å²) in [6, 6.07) is 5.69. The number of rotatable bonds is 6. The summed E-state index contributed by atoms with van der Waals surface area (Å²) >= 11 is 0. The predicted molar refractivity (Wildman–Crippen MR) is 109 cm³/mol. The zero-order valence-corrected chi connectivity index (χ0v) is 17.5. The first-order valence-corrected chi connectivity index (χ1v) is 9.20. The van der Waals surface area contributed by atoms with E-state index in [2.05, 4.69) is 20.9 Å². The molecule has 154 valence electrons. The highest BCUT2D eigenvalue weighted by Gasteiger charge is 2.24. The number of nitrogens with zero attached hydrogens (tertiary/aromatic N) is 3. The minimum Gasteiger partial charge on any atom is -0.493 e. The van der Waals surface area contributed by atoms with Gasteiger partial charge in [-0.3, -0.25) is 4.79 Å². The Balaban J connectivity index is 0.00000280. The van der Waals surface area contributed by atoms with Crippen LogP contribution in [0.1, 0.15) is 53.6 Å². The fourth-order valence-corrected chi connectivity index (χ4v) is 3.42. The lowest BCUT2D eigenvalue weighted by atomic mass is 10.1. The smallest absolute Gasteiger partial charge is 0.274 e. The second kappa shape index (κ2) is 9.75. The number of nitrogens with one attached hydrogen (secondary N) is 2. The summed E-state index contributed by atoms with van der Waals surface area (Å²) in [5.74, 6) is 1.06. The molecule has 2 heterocycles. The summed E-state index contributed by atoms with van der Waals surface area (Å²) in [4.78, 5) is 12.7. The zero-order valence-electron chi connectivity index (χ0n) is 16.7. The molecule has 2 aromatic rings. The molecule has 1 amide bonds. The normalized spacial score (nSPS) is 15.4. The number of methoxy groups -OCH3 is 2. The molecule has 1 atom stereocenters. The van der Waals surface area contributed by atoms with Crippen molar-refractivity contribution in [1.29, 1.82) is 0 Å². The Morgan fingerprint density at radius 1 is 1.25 bits per heavy atom. The highest BCUT2D eigenvalue weighted by atomic mass is 35.5.